The molecular weight excluding hydrogens is 390 g/mol. The van der Waals surface area contributed by atoms with E-state index in [0.29, 0.717) is 11.4 Å². The number of aliphatic carboxylic acids is 1. The molecule has 1 heterocycles. The lowest BCUT2D eigenvalue weighted by molar-refractivity contribution is -0.142. The zero-order valence-electron chi connectivity index (χ0n) is 24.4. The van der Waals surface area contributed by atoms with Crippen molar-refractivity contribution in [2.75, 3.05) is 24.6 Å². The number of aromatic nitrogens is 2. The Kier molecular flexibility index (Phi) is 5.32. The summed E-state index contributed by atoms with van der Waals surface area (Å²) < 4.78 is 61.3. The fraction of sp³-hybridized carbons (Fsp3) is 0.320. The van der Waals surface area contributed by atoms with Gasteiger partial charge >= 0.3 is 5.97 Å². The molecule has 3 rings (SSSR count). The zero-order valence-corrected chi connectivity index (χ0v) is 17.4. The number of anilines is 1. The topological polar surface area (TPSA) is 75.5 Å². The molecule has 0 atom stereocenters. The van der Waals surface area contributed by atoms with E-state index in [9.17, 15) is 4.79 Å². The number of hydrogen-bond acceptors (Lipinski definition) is 5. The minimum Gasteiger partial charge on any atom is -0.480 e. The monoisotopic (exact) mass is 426 g/mol. The molecule has 6 nitrogen and oxygen atoms in total. The molecule has 0 aliphatic rings. The molecule has 0 radical (unpaired) electrons. The van der Waals surface area contributed by atoms with Gasteiger partial charge in [-0.3, -0.25) is 4.98 Å². The van der Waals surface area contributed by atoms with Crippen molar-refractivity contribution in [1.29, 1.82) is 0 Å². The second-order valence-electron chi connectivity index (χ2n) is 6.74. The van der Waals surface area contributed by atoms with Crippen LogP contribution in [0.4, 0.5) is 5.82 Å². The van der Waals surface area contributed by atoms with Crippen LogP contribution in [0.2, 0.25) is 0 Å². The average Bonchev–Trinajstić information content (AvgIpc) is 2.86. The Morgan fingerprint density at radius 2 is 1.68 bits per heavy atom. The highest BCUT2D eigenvalue weighted by atomic mass is 16.5. The molecule has 3 aromatic rings. The number of carbonyl (C=O) groups is 1. The maximum Gasteiger partial charge on any atom is 0.329 e. The zero-order chi connectivity index (χ0) is 28.4. The van der Waals surface area contributed by atoms with E-state index in [2.05, 4.69) is 9.72 Å². The Labute approximate surface area is 193 Å². The third-order valence-corrected chi connectivity index (χ3v) is 4.34. The molecule has 31 heavy (non-hydrogen) atoms. The van der Waals surface area contributed by atoms with Crippen molar-refractivity contribution in [1.82, 2.24) is 9.97 Å². The minimum absolute atomic E-state index is 0.130. The van der Waals surface area contributed by atoms with Crippen LogP contribution in [0, 0.1) is 0 Å². The largest absolute Gasteiger partial charge is 0.480 e. The van der Waals surface area contributed by atoms with Crippen LogP contribution in [0.25, 0.3) is 22.5 Å². The summed E-state index contributed by atoms with van der Waals surface area (Å²) in [5, 5.41) is 8.90. The standard InChI is InChI=1S/C25H29N3O3/c1-19(2)28(15-9-10-16-31-18-23(29)30)22-17-26-24(20-11-5-3-6-12-20)25(27-22)21-13-7-4-8-14-21/h3-8,11-14,17,19H,9-10,15-16,18H2,1-2H3,(H,29,30)/i9D2,10D2,18D2,19D. The number of carboxylic acid groups (broad SMARTS) is 1. The summed E-state index contributed by atoms with van der Waals surface area (Å²) in [4.78, 5) is 21.6. The van der Waals surface area contributed by atoms with E-state index in [1.165, 1.54) is 24.9 Å². The van der Waals surface area contributed by atoms with Crippen molar-refractivity contribution in [2.45, 2.75) is 32.6 Å². The summed E-state index contributed by atoms with van der Waals surface area (Å²) in [7, 11) is 0. The van der Waals surface area contributed by atoms with Gasteiger partial charge < -0.3 is 14.7 Å². The van der Waals surface area contributed by atoms with Gasteiger partial charge in [0.2, 0.25) is 0 Å². The van der Waals surface area contributed by atoms with Gasteiger partial charge in [-0.05, 0) is 26.6 Å². The van der Waals surface area contributed by atoms with Gasteiger partial charge in [-0.15, -0.1) is 0 Å². The average molecular weight is 427 g/mol. The van der Waals surface area contributed by atoms with Crippen LogP contribution in [0.5, 0.6) is 0 Å². The van der Waals surface area contributed by atoms with Crippen molar-refractivity contribution in [3.05, 3.63) is 66.9 Å². The van der Waals surface area contributed by atoms with Gasteiger partial charge in [0.15, 0.2) is 0 Å². The molecule has 1 N–H and O–H groups in total. The van der Waals surface area contributed by atoms with Gasteiger partial charge in [-0.1, -0.05) is 60.7 Å². The number of hydrogen-bond donors (Lipinski definition) is 1. The first kappa shape index (κ1) is 14.7. The summed E-state index contributed by atoms with van der Waals surface area (Å²) in [5.41, 5.74) is 2.61. The molecule has 0 spiro atoms. The van der Waals surface area contributed by atoms with E-state index in [4.69, 9.17) is 19.7 Å². The number of benzene rings is 2. The molecule has 0 bridgehead atoms. The molecular formula is C25H29N3O3. The van der Waals surface area contributed by atoms with Crippen LogP contribution < -0.4 is 4.90 Å². The molecule has 6 heteroatoms. The number of rotatable bonds is 11. The van der Waals surface area contributed by atoms with Crippen LogP contribution in [-0.2, 0) is 9.53 Å². The van der Waals surface area contributed by atoms with Crippen molar-refractivity contribution >= 4 is 11.8 Å². The van der Waals surface area contributed by atoms with Crippen LogP contribution in [0.3, 0.4) is 0 Å². The smallest absolute Gasteiger partial charge is 0.329 e. The van der Waals surface area contributed by atoms with E-state index in [1.54, 1.807) is 0 Å². The molecule has 2 aromatic carbocycles. The summed E-state index contributed by atoms with van der Waals surface area (Å²) in [6.45, 7) is -2.05. The van der Waals surface area contributed by atoms with E-state index in [1.807, 2.05) is 60.7 Å². The molecule has 0 unspecified atom stereocenters. The maximum absolute atomic E-state index is 11.0. The Morgan fingerprint density at radius 1 is 1.06 bits per heavy atom. The lowest BCUT2D eigenvalue weighted by atomic mass is 10.0. The number of ether oxygens (including phenoxy) is 1. The van der Waals surface area contributed by atoms with Crippen LogP contribution in [-0.4, -0.2) is 46.8 Å². The Bertz CT molecular complexity index is 1250. The molecule has 0 aliphatic heterocycles. The van der Waals surface area contributed by atoms with Gasteiger partial charge in [0.25, 0.3) is 0 Å². The van der Waals surface area contributed by atoms with Gasteiger partial charge in [-0.2, -0.15) is 0 Å². The third-order valence-electron chi connectivity index (χ3n) is 4.34. The second kappa shape index (κ2) is 11.2. The molecule has 0 saturated heterocycles. The first-order valence-electron chi connectivity index (χ1n) is 13.2. The second-order valence-corrected chi connectivity index (χ2v) is 6.74. The highest BCUT2D eigenvalue weighted by molar-refractivity contribution is 5.78. The fourth-order valence-electron chi connectivity index (χ4n) is 2.90. The van der Waals surface area contributed by atoms with Gasteiger partial charge in [0.05, 0.1) is 21.7 Å². The quantitative estimate of drug-likeness (QED) is 0.470. The molecule has 1 aromatic heterocycles. The van der Waals surface area contributed by atoms with E-state index < -0.39 is 44.4 Å². The Hall–Kier alpha value is -3.25. The summed E-state index contributed by atoms with van der Waals surface area (Å²) >= 11 is 0. The van der Waals surface area contributed by atoms with E-state index >= 15 is 0 Å². The molecule has 0 aliphatic carbocycles. The summed E-state index contributed by atoms with van der Waals surface area (Å²) in [6.07, 6.45) is -4.14. The lowest BCUT2D eigenvalue weighted by Gasteiger charge is -2.28. The predicted molar refractivity (Wildman–Crippen MR) is 123 cm³/mol. The first-order valence-corrected chi connectivity index (χ1v) is 9.68. The third kappa shape index (κ3) is 6.36. The summed E-state index contributed by atoms with van der Waals surface area (Å²) in [6, 6.07) is 17.1. The van der Waals surface area contributed by atoms with E-state index in [0.717, 1.165) is 11.1 Å². The van der Waals surface area contributed by atoms with Gasteiger partial charge in [0, 0.05) is 35.8 Å². The Morgan fingerprint density at radius 3 is 2.26 bits per heavy atom. The van der Waals surface area contributed by atoms with Gasteiger partial charge in [-0.25, -0.2) is 9.78 Å². The molecule has 0 amide bonds. The SMILES string of the molecule is [2H]C([2H])(OCC([2H])([2H])C([2H])([2H])CN(c1cnc(-c2ccccc2)c(-c2ccccc2)n1)C([2H])(C)C)C(=O)O. The number of carboxylic acids is 1. The highest BCUT2D eigenvalue weighted by Gasteiger charge is 2.17. The van der Waals surface area contributed by atoms with Crippen LogP contribution >= 0.6 is 0 Å². The highest BCUT2D eigenvalue weighted by Crippen LogP contribution is 2.30. The predicted octanol–water partition coefficient (Wildman–Crippen LogP) is 4.91. The van der Waals surface area contributed by atoms with Crippen LogP contribution in [0.1, 0.15) is 36.2 Å². The van der Waals surface area contributed by atoms with Crippen molar-refractivity contribution in [2.24, 2.45) is 0 Å². The lowest BCUT2D eigenvalue weighted by Crippen LogP contribution is -2.33. The summed E-state index contributed by atoms with van der Waals surface area (Å²) in [5.74, 6) is -1.82. The van der Waals surface area contributed by atoms with Crippen LogP contribution in [0.15, 0.2) is 66.9 Å². The van der Waals surface area contributed by atoms with Gasteiger partial charge in [0.1, 0.15) is 12.4 Å². The maximum atomic E-state index is 11.0. The van der Waals surface area contributed by atoms with Crippen molar-refractivity contribution in [3.63, 3.8) is 0 Å². The Balaban J connectivity index is 2.03. The first-order chi connectivity index (χ1) is 17.6. The molecule has 0 saturated carbocycles. The van der Waals surface area contributed by atoms with Crippen molar-refractivity contribution < 1.29 is 24.2 Å². The van der Waals surface area contributed by atoms with E-state index in [-0.39, 0.29) is 5.82 Å². The van der Waals surface area contributed by atoms with Crippen molar-refractivity contribution in [3.8, 4) is 22.5 Å². The normalized spacial score (nSPS) is 16.0. The minimum atomic E-state index is -3.19. The fourth-order valence-corrected chi connectivity index (χ4v) is 2.90. The molecule has 162 valence electrons. The molecule has 0 fully saturated rings. The number of nitrogens with zero attached hydrogens (tertiary/aromatic N) is 3.